The van der Waals surface area contributed by atoms with Crippen LogP contribution in [0.4, 0.5) is 5.95 Å². The molecule has 2 aromatic rings. The molecule has 4 nitrogen and oxygen atoms in total. The number of nitrogens with one attached hydrogen (secondary N) is 1. The number of hydrogen-bond acceptors (Lipinski definition) is 4. The van der Waals surface area contributed by atoms with Gasteiger partial charge in [-0.2, -0.15) is 0 Å². The average Bonchev–Trinajstić information content (AvgIpc) is 2.95. The fourth-order valence-corrected chi connectivity index (χ4v) is 3.02. The fourth-order valence-electron chi connectivity index (χ4n) is 2.03. The highest BCUT2D eigenvalue weighted by atomic mass is 32.1. The van der Waals surface area contributed by atoms with Crippen molar-refractivity contribution in [3.8, 4) is 0 Å². The van der Waals surface area contributed by atoms with Crippen molar-refractivity contribution < 1.29 is 4.74 Å². The SMILES string of the molecule is COCC(C)n1ccnc1NCc1cc(C)c(C)s1. The molecule has 104 valence electrons. The second kappa shape index (κ2) is 6.21. The lowest BCUT2D eigenvalue weighted by atomic mass is 10.3. The van der Waals surface area contributed by atoms with Crippen molar-refractivity contribution in [2.45, 2.75) is 33.4 Å². The molecule has 19 heavy (non-hydrogen) atoms. The van der Waals surface area contributed by atoms with Crippen molar-refractivity contribution in [3.63, 3.8) is 0 Å². The lowest BCUT2D eigenvalue weighted by molar-refractivity contribution is 0.163. The first kappa shape index (κ1) is 14.1. The van der Waals surface area contributed by atoms with E-state index in [4.69, 9.17) is 4.74 Å². The number of thiophene rings is 1. The van der Waals surface area contributed by atoms with Gasteiger partial charge in [-0.15, -0.1) is 11.3 Å². The van der Waals surface area contributed by atoms with Gasteiger partial charge >= 0.3 is 0 Å². The summed E-state index contributed by atoms with van der Waals surface area (Å²) in [6.07, 6.45) is 3.80. The third kappa shape index (κ3) is 3.36. The summed E-state index contributed by atoms with van der Waals surface area (Å²) < 4.78 is 7.30. The van der Waals surface area contributed by atoms with E-state index in [1.807, 2.05) is 23.7 Å². The van der Waals surface area contributed by atoms with Crippen LogP contribution in [0.15, 0.2) is 18.5 Å². The van der Waals surface area contributed by atoms with Crippen molar-refractivity contribution >= 4 is 17.3 Å². The van der Waals surface area contributed by atoms with Crippen LogP contribution in [0, 0.1) is 13.8 Å². The minimum atomic E-state index is 0.279. The second-order valence-corrected chi connectivity index (χ2v) is 6.11. The Morgan fingerprint density at radius 2 is 2.26 bits per heavy atom. The molecule has 2 aromatic heterocycles. The van der Waals surface area contributed by atoms with Gasteiger partial charge < -0.3 is 14.6 Å². The molecule has 1 N–H and O–H groups in total. The van der Waals surface area contributed by atoms with Crippen molar-refractivity contribution in [2.75, 3.05) is 19.0 Å². The maximum absolute atomic E-state index is 5.19. The number of aromatic nitrogens is 2. The van der Waals surface area contributed by atoms with Crippen molar-refractivity contribution in [2.24, 2.45) is 0 Å². The maximum Gasteiger partial charge on any atom is 0.203 e. The molecule has 0 amide bonds. The van der Waals surface area contributed by atoms with E-state index in [0.29, 0.717) is 6.61 Å². The number of aryl methyl sites for hydroxylation is 2. The van der Waals surface area contributed by atoms with Crippen LogP contribution in [0.3, 0.4) is 0 Å². The minimum Gasteiger partial charge on any atom is -0.383 e. The van der Waals surface area contributed by atoms with Crippen LogP contribution in [-0.4, -0.2) is 23.3 Å². The lowest BCUT2D eigenvalue weighted by Gasteiger charge is -2.15. The van der Waals surface area contributed by atoms with Crippen LogP contribution in [0.1, 0.15) is 28.3 Å². The lowest BCUT2D eigenvalue weighted by Crippen LogP contribution is -2.14. The first-order valence-corrected chi connectivity index (χ1v) is 7.25. The zero-order valence-electron chi connectivity index (χ0n) is 11.9. The molecule has 0 aliphatic heterocycles. The molecule has 2 rings (SSSR count). The Bertz CT molecular complexity index is 513. The minimum absolute atomic E-state index is 0.279. The highest BCUT2D eigenvalue weighted by molar-refractivity contribution is 7.12. The summed E-state index contributed by atoms with van der Waals surface area (Å²) in [4.78, 5) is 7.08. The molecule has 2 heterocycles. The third-order valence-corrected chi connectivity index (χ3v) is 4.34. The highest BCUT2D eigenvalue weighted by Gasteiger charge is 2.10. The summed E-state index contributed by atoms with van der Waals surface area (Å²) in [5.41, 5.74) is 1.36. The van der Waals surface area contributed by atoms with Gasteiger partial charge in [-0.3, -0.25) is 0 Å². The van der Waals surface area contributed by atoms with Gasteiger partial charge in [0.05, 0.1) is 19.2 Å². The number of rotatable bonds is 6. The van der Waals surface area contributed by atoms with Crippen molar-refractivity contribution in [1.82, 2.24) is 9.55 Å². The third-order valence-electron chi connectivity index (χ3n) is 3.19. The molecule has 0 saturated carbocycles. The van der Waals surface area contributed by atoms with E-state index < -0.39 is 0 Å². The van der Waals surface area contributed by atoms with E-state index in [9.17, 15) is 0 Å². The summed E-state index contributed by atoms with van der Waals surface area (Å²) in [6, 6.07) is 2.51. The van der Waals surface area contributed by atoms with Crippen LogP contribution in [0.25, 0.3) is 0 Å². The van der Waals surface area contributed by atoms with E-state index >= 15 is 0 Å². The van der Waals surface area contributed by atoms with Gasteiger partial charge in [0, 0.05) is 29.3 Å². The summed E-state index contributed by atoms with van der Waals surface area (Å²) >= 11 is 1.84. The molecule has 0 radical (unpaired) electrons. The summed E-state index contributed by atoms with van der Waals surface area (Å²) in [5.74, 6) is 0.897. The van der Waals surface area contributed by atoms with Crippen LogP contribution in [0.5, 0.6) is 0 Å². The van der Waals surface area contributed by atoms with Gasteiger partial charge in [-0.1, -0.05) is 0 Å². The zero-order valence-corrected chi connectivity index (χ0v) is 12.8. The molecule has 0 bridgehead atoms. The first-order valence-electron chi connectivity index (χ1n) is 6.43. The van der Waals surface area contributed by atoms with Gasteiger partial charge in [0.1, 0.15) is 0 Å². The Hall–Kier alpha value is -1.33. The predicted molar refractivity (Wildman–Crippen MR) is 79.9 cm³/mol. The van der Waals surface area contributed by atoms with Gasteiger partial charge in [0.2, 0.25) is 5.95 Å². The molecule has 1 atom stereocenters. The zero-order chi connectivity index (χ0) is 13.8. The quantitative estimate of drug-likeness (QED) is 0.881. The van der Waals surface area contributed by atoms with Gasteiger partial charge in [0.15, 0.2) is 0 Å². The van der Waals surface area contributed by atoms with Crippen LogP contribution < -0.4 is 5.32 Å². The monoisotopic (exact) mass is 279 g/mol. The molecular formula is C14H21N3OS. The number of anilines is 1. The van der Waals surface area contributed by atoms with E-state index in [0.717, 1.165) is 12.5 Å². The number of ether oxygens (including phenoxy) is 1. The van der Waals surface area contributed by atoms with Gasteiger partial charge in [0.25, 0.3) is 0 Å². The number of imidazole rings is 1. The average molecular weight is 279 g/mol. The molecule has 0 saturated heterocycles. The van der Waals surface area contributed by atoms with Crippen LogP contribution in [-0.2, 0) is 11.3 Å². The van der Waals surface area contributed by atoms with Crippen molar-refractivity contribution in [1.29, 1.82) is 0 Å². The first-order chi connectivity index (χ1) is 9.11. The Kier molecular flexibility index (Phi) is 4.61. The molecule has 0 aliphatic carbocycles. The van der Waals surface area contributed by atoms with Gasteiger partial charge in [-0.25, -0.2) is 4.98 Å². The van der Waals surface area contributed by atoms with Gasteiger partial charge in [-0.05, 0) is 32.4 Å². The standard InChI is InChI=1S/C14H21N3OS/c1-10-7-13(19-12(10)3)8-16-14-15-5-6-17(14)11(2)9-18-4/h5-7,11H,8-9H2,1-4H3,(H,15,16). The molecule has 0 spiro atoms. The molecule has 5 heteroatoms. The van der Waals surface area contributed by atoms with E-state index in [-0.39, 0.29) is 6.04 Å². The topological polar surface area (TPSA) is 39.1 Å². The molecule has 1 unspecified atom stereocenters. The van der Waals surface area contributed by atoms with E-state index in [1.165, 1.54) is 15.3 Å². The molecule has 0 fully saturated rings. The van der Waals surface area contributed by atoms with E-state index in [1.54, 1.807) is 7.11 Å². The molecule has 0 aromatic carbocycles. The summed E-state index contributed by atoms with van der Waals surface area (Å²) in [5, 5.41) is 3.40. The summed E-state index contributed by atoms with van der Waals surface area (Å²) in [7, 11) is 1.72. The Balaban J connectivity index is 2.01. The predicted octanol–water partition coefficient (Wildman–Crippen LogP) is 3.38. The largest absolute Gasteiger partial charge is 0.383 e. The highest BCUT2D eigenvalue weighted by Crippen LogP contribution is 2.22. The molecule has 0 aliphatic rings. The van der Waals surface area contributed by atoms with E-state index in [2.05, 4.69) is 41.7 Å². The van der Waals surface area contributed by atoms with Crippen LogP contribution in [0.2, 0.25) is 0 Å². The Morgan fingerprint density at radius 1 is 1.47 bits per heavy atom. The second-order valence-electron chi connectivity index (χ2n) is 4.77. The Labute approximate surface area is 118 Å². The summed E-state index contributed by atoms with van der Waals surface area (Å²) in [6.45, 7) is 7.93. The fraction of sp³-hybridized carbons (Fsp3) is 0.500. The number of hydrogen-bond donors (Lipinski definition) is 1. The normalized spacial score (nSPS) is 12.6. The Morgan fingerprint density at radius 3 is 2.89 bits per heavy atom. The molecular weight excluding hydrogens is 258 g/mol. The van der Waals surface area contributed by atoms with Crippen molar-refractivity contribution in [3.05, 3.63) is 33.8 Å². The maximum atomic E-state index is 5.19. The smallest absolute Gasteiger partial charge is 0.203 e. The number of methoxy groups -OCH3 is 1. The van der Waals surface area contributed by atoms with Crippen LogP contribution >= 0.6 is 11.3 Å². The number of nitrogens with zero attached hydrogens (tertiary/aromatic N) is 2.